The third kappa shape index (κ3) is 3.01. The molecule has 0 bridgehead atoms. The van der Waals surface area contributed by atoms with E-state index in [9.17, 15) is 0 Å². The molecule has 132 valence electrons. The highest BCUT2D eigenvalue weighted by Crippen LogP contribution is 2.28. The van der Waals surface area contributed by atoms with Gasteiger partial charge in [0.25, 0.3) is 0 Å². The Labute approximate surface area is 155 Å². The molecule has 0 amide bonds. The molecule has 1 unspecified atom stereocenters. The fraction of sp³-hybridized carbons (Fsp3) is 0.292. The zero-order valence-electron chi connectivity index (χ0n) is 16.0. The first-order chi connectivity index (χ1) is 12.5. The first kappa shape index (κ1) is 16.8. The van der Waals surface area contributed by atoms with Gasteiger partial charge in [0, 0.05) is 35.8 Å². The molecule has 4 rings (SSSR count). The van der Waals surface area contributed by atoms with Crippen molar-refractivity contribution >= 4 is 21.8 Å². The Kier molecular flexibility index (Phi) is 4.28. The van der Waals surface area contributed by atoms with Gasteiger partial charge in [-0.2, -0.15) is 0 Å². The third-order valence-electron chi connectivity index (χ3n) is 5.47. The van der Waals surface area contributed by atoms with Crippen LogP contribution in [0.3, 0.4) is 0 Å². The van der Waals surface area contributed by atoms with Crippen LogP contribution in [0.5, 0.6) is 0 Å². The lowest BCUT2D eigenvalue weighted by Crippen LogP contribution is -2.04. The van der Waals surface area contributed by atoms with Gasteiger partial charge in [-0.25, -0.2) is 0 Å². The van der Waals surface area contributed by atoms with Crippen molar-refractivity contribution in [2.45, 2.75) is 39.0 Å². The molecule has 0 saturated heterocycles. The number of aromatic nitrogens is 2. The molecular formula is C24H26N2. The Morgan fingerprint density at radius 2 is 1.73 bits per heavy atom. The molecular weight excluding hydrogens is 316 g/mol. The van der Waals surface area contributed by atoms with Crippen molar-refractivity contribution in [3.63, 3.8) is 0 Å². The molecule has 26 heavy (non-hydrogen) atoms. The van der Waals surface area contributed by atoms with Crippen LogP contribution in [-0.4, -0.2) is 9.55 Å². The lowest BCUT2D eigenvalue weighted by atomic mass is 9.96. The maximum absolute atomic E-state index is 4.69. The van der Waals surface area contributed by atoms with Crippen molar-refractivity contribution in [2.75, 3.05) is 0 Å². The van der Waals surface area contributed by atoms with Crippen molar-refractivity contribution in [3.05, 3.63) is 77.6 Å². The van der Waals surface area contributed by atoms with E-state index in [1.807, 2.05) is 6.20 Å². The Balaban J connectivity index is 1.63. The molecule has 0 saturated carbocycles. The largest absolute Gasteiger partial charge is 0.347 e. The Hall–Kier alpha value is -2.61. The van der Waals surface area contributed by atoms with Crippen LogP contribution >= 0.6 is 0 Å². The smallest absolute Gasteiger partial charge is 0.0704 e. The SMILES string of the molecule is CC(C)c1cnc2cc(CC(C)c3cc4ccccc4n3C)ccc2c1. The molecule has 2 nitrogen and oxygen atoms in total. The average molecular weight is 342 g/mol. The van der Waals surface area contributed by atoms with Gasteiger partial charge in [0.1, 0.15) is 0 Å². The number of rotatable bonds is 4. The maximum Gasteiger partial charge on any atom is 0.0704 e. The van der Waals surface area contributed by atoms with Crippen LogP contribution in [0.4, 0.5) is 0 Å². The standard InChI is InChI=1S/C24H26N2/c1-16(2)21-13-19-10-9-18(12-22(19)25-15-21)11-17(3)24-14-20-7-5-6-8-23(20)26(24)4/h5-10,12-17H,11H2,1-4H3. The fourth-order valence-electron chi connectivity index (χ4n) is 3.87. The van der Waals surface area contributed by atoms with Gasteiger partial charge >= 0.3 is 0 Å². The molecule has 2 aromatic carbocycles. The van der Waals surface area contributed by atoms with Crippen LogP contribution in [0, 0.1) is 0 Å². The first-order valence-corrected chi connectivity index (χ1v) is 9.46. The number of benzene rings is 2. The minimum Gasteiger partial charge on any atom is -0.347 e. The van der Waals surface area contributed by atoms with Crippen LogP contribution in [0.25, 0.3) is 21.8 Å². The van der Waals surface area contributed by atoms with E-state index in [4.69, 9.17) is 4.98 Å². The van der Waals surface area contributed by atoms with Crippen LogP contribution in [0.15, 0.2) is 60.8 Å². The van der Waals surface area contributed by atoms with Gasteiger partial charge in [-0.1, -0.05) is 51.1 Å². The summed E-state index contributed by atoms with van der Waals surface area (Å²) < 4.78 is 2.33. The van der Waals surface area contributed by atoms with Gasteiger partial charge in [0.2, 0.25) is 0 Å². The number of pyridine rings is 1. The van der Waals surface area contributed by atoms with Crippen molar-refractivity contribution < 1.29 is 0 Å². The summed E-state index contributed by atoms with van der Waals surface area (Å²) in [6.07, 6.45) is 3.04. The summed E-state index contributed by atoms with van der Waals surface area (Å²) in [5, 5.41) is 2.55. The van der Waals surface area contributed by atoms with Crippen molar-refractivity contribution in [1.82, 2.24) is 9.55 Å². The van der Waals surface area contributed by atoms with Crippen molar-refractivity contribution in [2.24, 2.45) is 7.05 Å². The van der Waals surface area contributed by atoms with E-state index in [1.54, 1.807) is 0 Å². The van der Waals surface area contributed by atoms with Crippen LogP contribution < -0.4 is 0 Å². The average Bonchev–Trinajstić information content (AvgIpc) is 2.98. The maximum atomic E-state index is 4.69. The third-order valence-corrected chi connectivity index (χ3v) is 5.47. The number of nitrogens with zero attached hydrogens (tertiary/aromatic N) is 2. The molecule has 2 aromatic heterocycles. The van der Waals surface area contributed by atoms with Crippen LogP contribution in [-0.2, 0) is 13.5 Å². The second-order valence-electron chi connectivity index (χ2n) is 7.74. The van der Waals surface area contributed by atoms with Gasteiger partial charge in [-0.3, -0.25) is 4.98 Å². The first-order valence-electron chi connectivity index (χ1n) is 9.46. The van der Waals surface area contributed by atoms with Crippen LogP contribution in [0.2, 0.25) is 0 Å². The quantitative estimate of drug-likeness (QED) is 0.432. The molecule has 2 heterocycles. The normalized spacial score (nSPS) is 13.0. The molecule has 0 aliphatic carbocycles. The molecule has 4 aromatic rings. The second kappa shape index (κ2) is 6.60. The summed E-state index contributed by atoms with van der Waals surface area (Å²) in [7, 11) is 2.17. The molecule has 0 aliphatic heterocycles. The van der Waals surface area contributed by atoms with E-state index in [1.165, 1.54) is 33.1 Å². The topological polar surface area (TPSA) is 17.8 Å². The fourth-order valence-corrected chi connectivity index (χ4v) is 3.87. The summed E-state index contributed by atoms with van der Waals surface area (Å²) in [4.78, 5) is 4.69. The lowest BCUT2D eigenvalue weighted by molar-refractivity contribution is 0.691. The number of aryl methyl sites for hydroxylation is 1. The Bertz CT molecular complexity index is 1070. The summed E-state index contributed by atoms with van der Waals surface area (Å²) in [6.45, 7) is 6.74. The number of hydrogen-bond donors (Lipinski definition) is 0. The van der Waals surface area contributed by atoms with Gasteiger partial charge in [-0.15, -0.1) is 0 Å². The van der Waals surface area contributed by atoms with E-state index in [2.05, 4.69) is 87.0 Å². The summed E-state index contributed by atoms with van der Waals surface area (Å²) in [5.41, 5.74) is 6.43. The lowest BCUT2D eigenvalue weighted by Gasteiger charge is -2.14. The second-order valence-corrected chi connectivity index (χ2v) is 7.74. The highest BCUT2D eigenvalue weighted by atomic mass is 14.9. The molecule has 0 N–H and O–H groups in total. The van der Waals surface area contributed by atoms with Gasteiger partial charge < -0.3 is 4.57 Å². The van der Waals surface area contributed by atoms with E-state index in [0.29, 0.717) is 11.8 Å². The number of fused-ring (bicyclic) bond motifs is 2. The number of hydrogen-bond acceptors (Lipinski definition) is 1. The highest BCUT2D eigenvalue weighted by molar-refractivity contribution is 5.81. The van der Waals surface area contributed by atoms with Crippen molar-refractivity contribution in [3.8, 4) is 0 Å². The summed E-state index contributed by atoms with van der Waals surface area (Å²) in [6, 6.07) is 19.9. The molecule has 2 heteroatoms. The minimum atomic E-state index is 0.458. The van der Waals surface area contributed by atoms with Gasteiger partial charge in [0.05, 0.1) is 5.52 Å². The zero-order chi connectivity index (χ0) is 18.3. The van der Waals surface area contributed by atoms with Crippen molar-refractivity contribution in [1.29, 1.82) is 0 Å². The minimum absolute atomic E-state index is 0.458. The summed E-state index contributed by atoms with van der Waals surface area (Å²) in [5.74, 6) is 0.970. The molecule has 0 fully saturated rings. The summed E-state index contributed by atoms with van der Waals surface area (Å²) >= 11 is 0. The predicted octanol–water partition coefficient (Wildman–Crippen LogP) is 6.20. The number of para-hydroxylation sites is 1. The molecule has 0 spiro atoms. The molecule has 0 aliphatic rings. The zero-order valence-corrected chi connectivity index (χ0v) is 16.0. The Morgan fingerprint density at radius 3 is 2.50 bits per heavy atom. The van der Waals surface area contributed by atoms with E-state index >= 15 is 0 Å². The van der Waals surface area contributed by atoms with E-state index in [0.717, 1.165) is 11.9 Å². The van der Waals surface area contributed by atoms with Gasteiger partial charge in [-0.05, 0) is 53.1 Å². The molecule has 1 atom stereocenters. The molecule has 0 radical (unpaired) electrons. The highest BCUT2D eigenvalue weighted by Gasteiger charge is 2.13. The van der Waals surface area contributed by atoms with E-state index in [-0.39, 0.29) is 0 Å². The van der Waals surface area contributed by atoms with Crippen LogP contribution in [0.1, 0.15) is 49.4 Å². The van der Waals surface area contributed by atoms with Gasteiger partial charge in [0.15, 0.2) is 0 Å². The van der Waals surface area contributed by atoms with E-state index < -0.39 is 0 Å². The monoisotopic (exact) mass is 342 g/mol. The predicted molar refractivity (Wildman–Crippen MR) is 111 cm³/mol. The Morgan fingerprint density at radius 1 is 0.923 bits per heavy atom.